The molecule has 0 aliphatic carbocycles. The standard InChI is InChI=1S/C25H26N4O2S/c1-19-12-14-22(15-13-19)18-32(30,31)25-28-27-24(23(26)16-20-8-4-2-5-9-20)29(25)17-21-10-6-3-7-11-21/h2-15,23H,16-18,26H2,1H3/t23-/m0/s1. The van der Waals surface area contributed by atoms with E-state index in [4.69, 9.17) is 5.73 Å². The van der Waals surface area contributed by atoms with Gasteiger partial charge in [0.15, 0.2) is 5.82 Å². The van der Waals surface area contributed by atoms with E-state index in [2.05, 4.69) is 10.2 Å². The molecular formula is C25H26N4O2S. The molecule has 0 saturated carbocycles. The Hall–Kier alpha value is -3.29. The van der Waals surface area contributed by atoms with Gasteiger partial charge in [0.2, 0.25) is 15.0 Å². The zero-order chi connectivity index (χ0) is 22.6. The number of nitrogens with two attached hydrogens (primary N) is 1. The van der Waals surface area contributed by atoms with Gasteiger partial charge in [-0.1, -0.05) is 90.5 Å². The van der Waals surface area contributed by atoms with E-state index in [1.807, 2.05) is 91.9 Å². The summed E-state index contributed by atoms with van der Waals surface area (Å²) < 4.78 is 28.3. The van der Waals surface area contributed by atoms with Crippen molar-refractivity contribution in [1.82, 2.24) is 14.8 Å². The summed E-state index contributed by atoms with van der Waals surface area (Å²) in [5.74, 6) is 0.314. The van der Waals surface area contributed by atoms with Gasteiger partial charge in [-0.25, -0.2) is 8.42 Å². The summed E-state index contributed by atoms with van der Waals surface area (Å²) in [6.07, 6.45) is 0.534. The number of sulfone groups is 1. The Kier molecular flexibility index (Phi) is 6.48. The van der Waals surface area contributed by atoms with Crippen molar-refractivity contribution >= 4 is 9.84 Å². The number of hydrogen-bond acceptors (Lipinski definition) is 5. The van der Waals surface area contributed by atoms with Crippen LogP contribution in [-0.2, 0) is 28.6 Å². The lowest BCUT2D eigenvalue weighted by Crippen LogP contribution is -2.22. The van der Waals surface area contributed by atoms with Gasteiger partial charge < -0.3 is 5.73 Å². The van der Waals surface area contributed by atoms with Crippen LogP contribution in [0.25, 0.3) is 0 Å². The Labute approximate surface area is 188 Å². The number of rotatable bonds is 8. The van der Waals surface area contributed by atoms with Crippen LogP contribution in [0.1, 0.15) is 34.1 Å². The van der Waals surface area contributed by atoms with Crippen molar-refractivity contribution in [2.24, 2.45) is 5.73 Å². The molecule has 0 amide bonds. The Morgan fingerprint density at radius 2 is 1.41 bits per heavy atom. The van der Waals surface area contributed by atoms with Crippen LogP contribution in [0.3, 0.4) is 0 Å². The zero-order valence-electron chi connectivity index (χ0n) is 17.9. The van der Waals surface area contributed by atoms with Crippen molar-refractivity contribution in [2.75, 3.05) is 0 Å². The third kappa shape index (κ3) is 5.12. The number of benzene rings is 3. The minimum atomic E-state index is -3.73. The van der Waals surface area contributed by atoms with Crippen molar-refractivity contribution in [3.63, 3.8) is 0 Å². The van der Waals surface area contributed by atoms with Gasteiger partial charge in [0, 0.05) is 0 Å². The molecule has 3 aromatic carbocycles. The van der Waals surface area contributed by atoms with Crippen molar-refractivity contribution in [1.29, 1.82) is 0 Å². The van der Waals surface area contributed by atoms with Crippen molar-refractivity contribution in [2.45, 2.75) is 36.8 Å². The lowest BCUT2D eigenvalue weighted by atomic mass is 10.1. The van der Waals surface area contributed by atoms with Gasteiger partial charge in [-0.3, -0.25) is 4.57 Å². The first-order valence-corrected chi connectivity index (χ1v) is 12.1. The lowest BCUT2D eigenvalue weighted by molar-refractivity contribution is 0.553. The van der Waals surface area contributed by atoms with E-state index in [9.17, 15) is 8.42 Å². The maximum Gasteiger partial charge on any atom is 0.250 e. The van der Waals surface area contributed by atoms with E-state index in [0.717, 1.165) is 16.7 Å². The molecule has 0 saturated heterocycles. The molecule has 7 heteroatoms. The van der Waals surface area contributed by atoms with E-state index in [1.165, 1.54) is 0 Å². The molecule has 0 fully saturated rings. The maximum atomic E-state index is 13.3. The predicted octanol–water partition coefficient (Wildman–Crippen LogP) is 3.85. The molecule has 0 aliphatic rings. The fourth-order valence-corrected chi connectivity index (χ4v) is 5.07. The molecule has 0 radical (unpaired) electrons. The summed E-state index contributed by atoms with van der Waals surface area (Å²) >= 11 is 0. The van der Waals surface area contributed by atoms with Gasteiger partial charge in [-0.05, 0) is 30.0 Å². The molecule has 4 rings (SSSR count). The van der Waals surface area contributed by atoms with Crippen LogP contribution in [0.5, 0.6) is 0 Å². The zero-order valence-corrected chi connectivity index (χ0v) is 18.7. The third-order valence-electron chi connectivity index (χ3n) is 5.31. The molecule has 1 aromatic heterocycles. The average Bonchev–Trinajstić information content (AvgIpc) is 3.21. The van der Waals surface area contributed by atoms with Crippen molar-refractivity contribution in [3.8, 4) is 0 Å². The Morgan fingerprint density at radius 1 is 0.812 bits per heavy atom. The van der Waals surface area contributed by atoms with Crippen LogP contribution in [-0.4, -0.2) is 23.2 Å². The van der Waals surface area contributed by atoms with Crippen LogP contribution in [0.2, 0.25) is 0 Å². The van der Waals surface area contributed by atoms with E-state index in [1.54, 1.807) is 4.57 Å². The summed E-state index contributed by atoms with van der Waals surface area (Å²) in [7, 11) is -3.73. The average molecular weight is 447 g/mol. The number of aryl methyl sites for hydroxylation is 1. The first-order chi connectivity index (χ1) is 15.4. The third-order valence-corrected chi connectivity index (χ3v) is 6.89. The van der Waals surface area contributed by atoms with Gasteiger partial charge in [0.05, 0.1) is 18.3 Å². The predicted molar refractivity (Wildman–Crippen MR) is 125 cm³/mol. The second-order valence-corrected chi connectivity index (χ2v) is 9.84. The van der Waals surface area contributed by atoms with E-state index < -0.39 is 15.9 Å². The molecule has 4 aromatic rings. The largest absolute Gasteiger partial charge is 0.321 e. The van der Waals surface area contributed by atoms with Crippen LogP contribution >= 0.6 is 0 Å². The van der Waals surface area contributed by atoms with E-state index in [0.29, 0.717) is 24.4 Å². The molecule has 1 heterocycles. The normalized spacial score (nSPS) is 12.6. The molecule has 1 atom stereocenters. The van der Waals surface area contributed by atoms with Crippen LogP contribution in [0, 0.1) is 6.92 Å². The minimum absolute atomic E-state index is 0.0551. The molecule has 32 heavy (non-hydrogen) atoms. The summed E-state index contributed by atoms with van der Waals surface area (Å²) in [4.78, 5) is 0. The lowest BCUT2D eigenvalue weighted by Gasteiger charge is -2.15. The van der Waals surface area contributed by atoms with Gasteiger partial charge >= 0.3 is 0 Å². The van der Waals surface area contributed by atoms with Crippen LogP contribution in [0.15, 0.2) is 90.1 Å². The summed E-state index contributed by atoms with van der Waals surface area (Å²) in [5, 5.41) is 8.29. The van der Waals surface area contributed by atoms with Crippen molar-refractivity contribution < 1.29 is 8.42 Å². The van der Waals surface area contributed by atoms with Crippen molar-refractivity contribution in [3.05, 3.63) is 113 Å². The second-order valence-electron chi connectivity index (χ2n) is 7.95. The highest BCUT2D eigenvalue weighted by Gasteiger charge is 2.27. The first kappa shape index (κ1) is 21.9. The number of aromatic nitrogens is 3. The molecule has 0 spiro atoms. The Morgan fingerprint density at radius 3 is 2.03 bits per heavy atom. The first-order valence-electron chi connectivity index (χ1n) is 10.5. The maximum absolute atomic E-state index is 13.3. The van der Waals surface area contributed by atoms with Gasteiger partial charge in [-0.2, -0.15) is 0 Å². The molecular weight excluding hydrogens is 420 g/mol. The monoisotopic (exact) mass is 446 g/mol. The molecule has 0 bridgehead atoms. The Balaban J connectivity index is 1.70. The SMILES string of the molecule is Cc1ccc(CS(=O)(=O)c2nnc([C@@H](N)Cc3ccccc3)n2Cc2ccccc2)cc1. The van der Waals surface area contributed by atoms with Crippen LogP contribution in [0.4, 0.5) is 0 Å². The van der Waals surface area contributed by atoms with Gasteiger partial charge in [-0.15, -0.1) is 10.2 Å². The topological polar surface area (TPSA) is 90.9 Å². The number of hydrogen-bond donors (Lipinski definition) is 1. The highest BCUT2D eigenvalue weighted by Crippen LogP contribution is 2.22. The summed E-state index contributed by atoms with van der Waals surface area (Å²) in [5.41, 5.74) is 10.3. The van der Waals surface area contributed by atoms with E-state index >= 15 is 0 Å². The highest BCUT2D eigenvalue weighted by atomic mass is 32.2. The summed E-state index contributed by atoms with van der Waals surface area (Å²) in [6.45, 7) is 2.29. The molecule has 2 N–H and O–H groups in total. The quantitative estimate of drug-likeness (QED) is 0.444. The Bertz CT molecular complexity index is 1270. The molecule has 164 valence electrons. The fraction of sp³-hybridized carbons (Fsp3) is 0.200. The molecule has 0 aliphatic heterocycles. The van der Waals surface area contributed by atoms with Gasteiger partial charge in [0.25, 0.3) is 0 Å². The smallest absolute Gasteiger partial charge is 0.250 e. The van der Waals surface area contributed by atoms with E-state index in [-0.39, 0.29) is 10.9 Å². The highest BCUT2D eigenvalue weighted by molar-refractivity contribution is 7.90. The number of nitrogens with zero attached hydrogens (tertiary/aromatic N) is 3. The second kappa shape index (κ2) is 9.46. The molecule has 0 unspecified atom stereocenters. The van der Waals surface area contributed by atoms with Crippen LogP contribution < -0.4 is 5.73 Å². The molecule has 6 nitrogen and oxygen atoms in total. The summed E-state index contributed by atoms with van der Waals surface area (Å²) in [6, 6.07) is 26.5. The fourth-order valence-electron chi connectivity index (χ4n) is 3.65. The minimum Gasteiger partial charge on any atom is -0.321 e. The van der Waals surface area contributed by atoms with Gasteiger partial charge in [0.1, 0.15) is 0 Å².